The molecule has 0 aliphatic carbocycles. The van der Waals surface area contributed by atoms with Crippen LogP contribution >= 0.6 is 34.5 Å². The molecular weight excluding hydrogens is 437 g/mol. The molecule has 1 N–H and O–H groups in total. The molecule has 3 aromatic rings. The number of hydrazone groups is 1. The Kier molecular flexibility index (Phi) is 6.34. The van der Waals surface area contributed by atoms with Crippen molar-refractivity contribution < 1.29 is 14.5 Å². The summed E-state index contributed by atoms with van der Waals surface area (Å²) in [5.74, 6) is 2.14. The number of nitrogens with zero attached hydrogens (tertiary/aromatic N) is 2. The van der Waals surface area contributed by atoms with Crippen molar-refractivity contribution in [2.24, 2.45) is 5.10 Å². The van der Waals surface area contributed by atoms with Crippen LogP contribution in [0.3, 0.4) is 0 Å². The first-order valence-electron chi connectivity index (χ1n) is 7.95. The smallest absolute Gasteiger partial charge is 0.281 e. The molecule has 0 aliphatic heterocycles. The van der Waals surface area contributed by atoms with Crippen LogP contribution in [0.1, 0.15) is 15.2 Å². The molecule has 0 aliphatic rings. The van der Waals surface area contributed by atoms with Gasteiger partial charge in [0.15, 0.2) is 5.75 Å². The first kappa shape index (κ1) is 20.6. The maximum Gasteiger partial charge on any atom is 0.281 e. The van der Waals surface area contributed by atoms with E-state index in [1.165, 1.54) is 29.7 Å². The van der Waals surface area contributed by atoms with E-state index < -0.39 is 10.8 Å². The van der Waals surface area contributed by atoms with Crippen LogP contribution in [0.25, 0.3) is 10.1 Å². The summed E-state index contributed by atoms with van der Waals surface area (Å²) in [6.07, 6.45) is 6.52. The number of fused-ring (bicyclic) bond motifs is 1. The topological polar surface area (TPSA) is 93.8 Å². The summed E-state index contributed by atoms with van der Waals surface area (Å²) in [4.78, 5) is 23.0. The molecule has 10 heteroatoms. The standard InChI is InChI=1S/C19H11Cl2N3O4S/c1-2-5-28-18-14(20)6-11(7-15(18)21)10-22-23-19(25)17-9-12-8-13(24(26)27)3-4-16(12)29-17/h1,3-4,6-10H,5H2,(H,23,25)/b22-10-. The third-order valence-corrected chi connectivity index (χ3v) is 5.31. The molecule has 2 aromatic carbocycles. The number of carbonyl (C=O) groups is 1. The largest absolute Gasteiger partial charge is 0.478 e. The van der Waals surface area contributed by atoms with Gasteiger partial charge in [-0.15, -0.1) is 17.8 Å². The Hall–Kier alpha value is -3.12. The Bertz CT molecular complexity index is 1160. The number of nitro benzene ring substituents is 1. The number of halogens is 2. The first-order valence-corrected chi connectivity index (χ1v) is 9.53. The molecule has 0 bridgehead atoms. The fourth-order valence-electron chi connectivity index (χ4n) is 2.38. The fraction of sp³-hybridized carbons (Fsp3) is 0.0526. The normalized spacial score (nSPS) is 10.8. The lowest BCUT2D eigenvalue weighted by molar-refractivity contribution is -0.384. The van der Waals surface area contributed by atoms with Gasteiger partial charge in [-0.3, -0.25) is 14.9 Å². The highest BCUT2D eigenvalue weighted by molar-refractivity contribution is 7.20. The predicted molar refractivity (Wildman–Crippen MR) is 114 cm³/mol. The number of terminal acetylenes is 1. The number of carbonyl (C=O) groups excluding carboxylic acids is 1. The number of nitro groups is 1. The molecule has 146 valence electrons. The van der Waals surface area contributed by atoms with E-state index in [0.717, 1.165) is 4.70 Å². The molecule has 0 saturated heterocycles. The van der Waals surface area contributed by atoms with E-state index in [1.54, 1.807) is 24.3 Å². The molecule has 3 rings (SSSR count). The van der Waals surface area contributed by atoms with E-state index >= 15 is 0 Å². The van der Waals surface area contributed by atoms with Crippen LogP contribution in [0.2, 0.25) is 10.0 Å². The molecule has 0 saturated carbocycles. The molecule has 7 nitrogen and oxygen atoms in total. The number of hydrogen-bond acceptors (Lipinski definition) is 6. The molecule has 0 atom stereocenters. The van der Waals surface area contributed by atoms with Crippen molar-refractivity contribution in [2.75, 3.05) is 6.61 Å². The molecule has 0 fully saturated rings. The highest BCUT2D eigenvalue weighted by Gasteiger charge is 2.13. The Morgan fingerprint density at radius 3 is 2.69 bits per heavy atom. The van der Waals surface area contributed by atoms with Gasteiger partial charge < -0.3 is 4.74 Å². The van der Waals surface area contributed by atoms with E-state index in [9.17, 15) is 14.9 Å². The van der Waals surface area contributed by atoms with Crippen LogP contribution < -0.4 is 10.2 Å². The van der Waals surface area contributed by atoms with E-state index in [2.05, 4.69) is 16.4 Å². The van der Waals surface area contributed by atoms with Crippen LogP contribution in [-0.2, 0) is 0 Å². The summed E-state index contributed by atoms with van der Waals surface area (Å²) in [6.45, 7) is 0.0290. The van der Waals surface area contributed by atoms with E-state index in [-0.39, 0.29) is 28.1 Å². The van der Waals surface area contributed by atoms with Crippen molar-refractivity contribution >= 4 is 62.4 Å². The third kappa shape index (κ3) is 4.84. The van der Waals surface area contributed by atoms with Crippen molar-refractivity contribution in [2.45, 2.75) is 0 Å². The van der Waals surface area contributed by atoms with Crippen LogP contribution in [0.15, 0.2) is 41.5 Å². The molecule has 0 unspecified atom stereocenters. The number of ether oxygens (including phenoxy) is 1. The van der Waals surface area contributed by atoms with Crippen LogP contribution in [-0.4, -0.2) is 23.7 Å². The van der Waals surface area contributed by atoms with Crippen LogP contribution in [0.5, 0.6) is 5.75 Å². The van der Waals surface area contributed by atoms with Gasteiger partial charge in [0.1, 0.15) is 6.61 Å². The maximum atomic E-state index is 12.3. The lowest BCUT2D eigenvalue weighted by atomic mass is 10.2. The number of non-ortho nitro benzene ring substituents is 1. The Balaban J connectivity index is 1.72. The molecule has 1 amide bonds. The Morgan fingerprint density at radius 1 is 1.31 bits per heavy atom. The minimum Gasteiger partial charge on any atom is -0.478 e. The number of amides is 1. The van der Waals surface area contributed by atoms with Crippen molar-refractivity contribution in [3.05, 3.63) is 67.0 Å². The third-order valence-electron chi connectivity index (χ3n) is 3.63. The predicted octanol–water partition coefficient (Wildman–Crippen LogP) is 4.89. The average Bonchev–Trinajstić information content (AvgIpc) is 3.10. The lowest BCUT2D eigenvalue weighted by Gasteiger charge is -2.08. The van der Waals surface area contributed by atoms with Gasteiger partial charge in [0.25, 0.3) is 11.6 Å². The van der Waals surface area contributed by atoms with Gasteiger partial charge in [0.2, 0.25) is 0 Å². The number of benzene rings is 2. The average molecular weight is 448 g/mol. The highest BCUT2D eigenvalue weighted by atomic mass is 35.5. The molecule has 29 heavy (non-hydrogen) atoms. The molecular formula is C19H11Cl2N3O4S. The summed E-state index contributed by atoms with van der Waals surface area (Å²) < 4.78 is 6.02. The molecule has 1 heterocycles. The Labute approximate surface area is 179 Å². The van der Waals surface area contributed by atoms with Gasteiger partial charge in [-0.05, 0) is 29.8 Å². The van der Waals surface area contributed by atoms with Crippen molar-refractivity contribution in [1.82, 2.24) is 5.43 Å². The summed E-state index contributed by atoms with van der Waals surface area (Å²) in [5, 5.41) is 15.9. The molecule has 0 radical (unpaired) electrons. The number of rotatable bonds is 6. The maximum absolute atomic E-state index is 12.3. The quantitative estimate of drug-likeness (QED) is 0.251. The molecule has 0 spiro atoms. The van der Waals surface area contributed by atoms with Gasteiger partial charge in [0, 0.05) is 22.2 Å². The second-order valence-corrected chi connectivity index (χ2v) is 7.49. The van der Waals surface area contributed by atoms with Crippen LogP contribution in [0.4, 0.5) is 5.69 Å². The minimum absolute atomic E-state index is 0.0290. The minimum atomic E-state index is -0.486. The zero-order chi connectivity index (χ0) is 21.0. The van der Waals surface area contributed by atoms with Crippen molar-refractivity contribution in [3.63, 3.8) is 0 Å². The van der Waals surface area contributed by atoms with E-state index in [4.69, 9.17) is 34.4 Å². The summed E-state index contributed by atoms with van der Waals surface area (Å²) >= 11 is 13.4. The summed E-state index contributed by atoms with van der Waals surface area (Å²) in [6, 6.07) is 9.11. The fourth-order valence-corrected chi connectivity index (χ4v) is 3.93. The monoisotopic (exact) mass is 447 g/mol. The number of thiophene rings is 1. The summed E-state index contributed by atoms with van der Waals surface area (Å²) in [5.41, 5.74) is 2.90. The SMILES string of the molecule is C#CCOc1c(Cl)cc(/C=N\NC(=O)c2cc3cc([N+](=O)[O-])ccc3s2)cc1Cl. The van der Waals surface area contributed by atoms with Gasteiger partial charge in [0.05, 0.1) is 26.1 Å². The van der Waals surface area contributed by atoms with Crippen molar-refractivity contribution in [3.8, 4) is 18.1 Å². The van der Waals surface area contributed by atoms with Crippen molar-refractivity contribution in [1.29, 1.82) is 0 Å². The highest BCUT2D eigenvalue weighted by Crippen LogP contribution is 2.34. The summed E-state index contributed by atoms with van der Waals surface area (Å²) in [7, 11) is 0. The van der Waals surface area contributed by atoms with Gasteiger partial charge in [-0.2, -0.15) is 5.10 Å². The number of nitrogens with one attached hydrogen (secondary N) is 1. The second kappa shape index (κ2) is 8.92. The zero-order valence-electron chi connectivity index (χ0n) is 14.5. The van der Waals surface area contributed by atoms with Gasteiger partial charge >= 0.3 is 0 Å². The Morgan fingerprint density at radius 2 is 2.03 bits per heavy atom. The molecule has 1 aromatic heterocycles. The second-order valence-electron chi connectivity index (χ2n) is 5.60. The zero-order valence-corrected chi connectivity index (χ0v) is 16.8. The van der Waals surface area contributed by atoms with Gasteiger partial charge in [-0.1, -0.05) is 29.1 Å². The number of hydrogen-bond donors (Lipinski definition) is 1. The van der Waals surface area contributed by atoms with E-state index in [0.29, 0.717) is 15.8 Å². The lowest BCUT2D eigenvalue weighted by Crippen LogP contribution is -2.16. The van der Waals surface area contributed by atoms with Crippen LogP contribution in [0, 0.1) is 22.5 Å². The van der Waals surface area contributed by atoms with E-state index in [1.807, 2.05) is 0 Å². The van der Waals surface area contributed by atoms with Gasteiger partial charge in [-0.25, -0.2) is 5.43 Å². The first-order chi connectivity index (χ1) is 13.9.